The normalized spacial score (nSPS) is 18.3. The van der Waals surface area contributed by atoms with Crippen molar-refractivity contribution in [1.82, 2.24) is 5.32 Å². The maximum atomic E-state index is 6.01. The Hall–Kier alpha value is -0.830. The summed E-state index contributed by atoms with van der Waals surface area (Å²) in [7, 11) is 0. The predicted molar refractivity (Wildman–Crippen MR) is 73.8 cm³/mol. The van der Waals surface area contributed by atoms with Crippen molar-refractivity contribution >= 4 is 22.9 Å². The summed E-state index contributed by atoms with van der Waals surface area (Å²) in [6.45, 7) is 0.976. The van der Waals surface area contributed by atoms with Crippen LogP contribution in [-0.2, 0) is 19.4 Å². The van der Waals surface area contributed by atoms with E-state index in [0.717, 1.165) is 24.4 Å². The summed E-state index contributed by atoms with van der Waals surface area (Å²) in [6, 6.07) is 11.1. The van der Waals surface area contributed by atoms with E-state index in [1.54, 1.807) is 0 Å². The average Bonchev–Trinajstić information content (AvgIpc) is 2.94. The fourth-order valence-electron chi connectivity index (χ4n) is 2.39. The van der Waals surface area contributed by atoms with E-state index >= 15 is 0 Å². The largest absolute Gasteiger partial charge is 0.308 e. The highest BCUT2D eigenvalue weighted by molar-refractivity contribution is 7.09. The lowest BCUT2D eigenvalue weighted by atomic mass is 10.1. The van der Waals surface area contributed by atoms with Crippen LogP contribution in [0.1, 0.15) is 16.0 Å². The van der Waals surface area contributed by atoms with Gasteiger partial charge in [0, 0.05) is 22.5 Å². The van der Waals surface area contributed by atoms with Crippen molar-refractivity contribution in [3.8, 4) is 0 Å². The molecule has 3 heteroatoms. The fraction of sp³-hybridized carbons (Fsp3) is 0.286. The molecule has 3 rings (SSSR count). The molecule has 0 saturated heterocycles. The standard InChI is InChI=1S/C14H14ClNS/c15-12-4-3-10-7-13(8-11(10)6-12)16-9-14-2-1-5-17-14/h1-6,13,16H,7-9H2. The number of thiophene rings is 1. The molecule has 0 amide bonds. The molecule has 1 aromatic carbocycles. The lowest BCUT2D eigenvalue weighted by Gasteiger charge is -2.10. The van der Waals surface area contributed by atoms with Gasteiger partial charge in [0.1, 0.15) is 0 Å². The molecule has 1 nitrogen and oxygen atoms in total. The molecule has 1 N–H and O–H groups in total. The smallest absolute Gasteiger partial charge is 0.0408 e. The molecular weight excluding hydrogens is 250 g/mol. The van der Waals surface area contributed by atoms with Gasteiger partial charge in [-0.05, 0) is 47.5 Å². The number of fused-ring (bicyclic) bond motifs is 1. The highest BCUT2D eigenvalue weighted by Crippen LogP contribution is 2.25. The molecule has 0 bridgehead atoms. The molecule has 1 aliphatic carbocycles. The first-order valence-corrected chi connectivity index (χ1v) is 7.10. The van der Waals surface area contributed by atoms with E-state index in [0.29, 0.717) is 6.04 Å². The quantitative estimate of drug-likeness (QED) is 0.891. The third kappa shape index (κ3) is 2.54. The molecular formula is C14H14ClNS. The Morgan fingerprint density at radius 3 is 2.94 bits per heavy atom. The molecule has 0 saturated carbocycles. The zero-order valence-corrected chi connectivity index (χ0v) is 11.0. The van der Waals surface area contributed by atoms with Crippen LogP contribution in [0.25, 0.3) is 0 Å². The molecule has 1 heterocycles. The van der Waals surface area contributed by atoms with Gasteiger partial charge in [-0.1, -0.05) is 23.7 Å². The maximum Gasteiger partial charge on any atom is 0.0408 e. The van der Waals surface area contributed by atoms with Gasteiger partial charge < -0.3 is 5.32 Å². The van der Waals surface area contributed by atoms with Crippen molar-refractivity contribution in [2.24, 2.45) is 0 Å². The van der Waals surface area contributed by atoms with Gasteiger partial charge in [-0.25, -0.2) is 0 Å². The Balaban J connectivity index is 1.62. The Labute approximate surface area is 110 Å². The number of hydrogen-bond donors (Lipinski definition) is 1. The topological polar surface area (TPSA) is 12.0 Å². The van der Waals surface area contributed by atoms with Crippen LogP contribution in [0.3, 0.4) is 0 Å². The van der Waals surface area contributed by atoms with Crippen LogP contribution in [0.4, 0.5) is 0 Å². The molecule has 1 aromatic heterocycles. The highest BCUT2D eigenvalue weighted by atomic mass is 35.5. The van der Waals surface area contributed by atoms with Gasteiger partial charge >= 0.3 is 0 Å². The number of rotatable bonds is 3. The molecule has 88 valence electrons. The Kier molecular flexibility index (Phi) is 3.19. The monoisotopic (exact) mass is 263 g/mol. The van der Waals surface area contributed by atoms with Crippen molar-refractivity contribution in [3.05, 3.63) is 56.7 Å². The molecule has 0 radical (unpaired) electrons. The van der Waals surface area contributed by atoms with Crippen LogP contribution in [-0.4, -0.2) is 6.04 Å². The predicted octanol–water partition coefficient (Wildman–Crippen LogP) is 3.66. The van der Waals surface area contributed by atoms with Gasteiger partial charge in [0.2, 0.25) is 0 Å². The van der Waals surface area contributed by atoms with E-state index in [4.69, 9.17) is 11.6 Å². The van der Waals surface area contributed by atoms with E-state index in [-0.39, 0.29) is 0 Å². The fourth-order valence-corrected chi connectivity index (χ4v) is 3.24. The minimum atomic E-state index is 0.561. The molecule has 1 unspecified atom stereocenters. The molecule has 0 fully saturated rings. The summed E-state index contributed by atoms with van der Waals surface area (Å²) < 4.78 is 0. The molecule has 17 heavy (non-hydrogen) atoms. The minimum Gasteiger partial charge on any atom is -0.308 e. The number of benzene rings is 1. The van der Waals surface area contributed by atoms with Gasteiger partial charge in [0.15, 0.2) is 0 Å². The Bertz CT molecular complexity index is 507. The number of hydrogen-bond acceptors (Lipinski definition) is 2. The van der Waals surface area contributed by atoms with E-state index in [2.05, 4.69) is 35.0 Å². The highest BCUT2D eigenvalue weighted by Gasteiger charge is 2.20. The van der Waals surface area contributed by atoms with Gasteiger partial charge in [-0.2, -0.15) is 0 Å². The average molecular weight is 264 g/mol. The first-order chi connectivity index (χ1) is 8.31. The lowest BCUT2D eigenvalue weighted by molar-refractivity contribution is 0.536. The van der Waals surface area contributed by atoms with Crippen LogP contribution < -0.4 is 5.32 Å². The lowest BCUT2D eigenvalue weighted by Crippen LogP contribution is -2.28. The van der Waals surface area contributed by atoms with Gasteiger partial charge in [-0.15, -0.1) is 11.3 Å². The van der Waals surface area contributed by atoms with Gasteiger partial charge in [0.05, 0.1) is 0 Å². The Morgan fingerprint density at radius 2 is 2.12 bits per heavy atom. The van der Waals surface area contributed by atoms with Crippen molar-refractivity contribution in [2.45, 2.75) is 25.4 Å². The van der Waals surface area contributed by atoms with Crippen LogP contribution in [0.5, 0.6) is 0 Å². The molecule has 0 aliphatic heterocycles. The van der Waals surface area contributed by atoms with E-state index in [1.807, 2.05) is 17.4 Å². The van der Waals surface area contributed by atoms with Crippen molar-refractivity contribution < 1.29 is 0 Å². The van der Waals surface area contributed by atoms with Crippen molar-refractivity contribution in [1.29, 1.82) is 0 Å². The zero-order chi connectivity index (χ0) is 11.7. The second kappa shape index (κ2) is 4.81. The molecule has 0 spiro atoms. The maximum absolute atomic E-state index is 6.01. The molecule has 1 atom stereocenters. The van der Waals surface area contributed by atoms with Crippen molar-refractivity contribution in [2.75, 3.05) is 0 Å². The number of halogens is 1. The van der Waals surface area contributed by atoms with E-state index < -0.39 is 0 Å². The molecule has 2 aromatic rings. The summed E-state index contributed by atoms with van der Waals surface area (Å²) in [6.07, 6.45) is 2.22. The van der Waals surface area contributed by atoms with Crippen LogP contribution >= 0.6 is 22.9 Å². The zero-order valence-electron chi connectivity index (χ0n) is 9.45. The number of nitrogens with one attached hydrogen (secondary N) is 1. The second-order valence-corrected chi connectivity index (χ2v) is 5.95. The third-order valence-electron chi connectivity index (χ3n) is 3.25. The van der Waals surface area contributed by atoms with Crippen LogP contribution in [0.15, 0.2) is 35.7 Å². The van der Waals surface area contributed by atoms with E-state index in [9.17, 15) is 0 Å². The summed E-state index contributed by atoms with van der Waals surface area (Å²) in [5.41, 5.74) is 2.85. The minimum absolute atomic E-state index is 0.561. The van der Waals surface area contributed by atoms with Gasteiger partial charge in [0.25, 0.3) is 0 Å². The summed E-state index contributed by atoms with van der Waals surface area (Å²) in [4.78, 5) is 1.40. The van der Waals surface area contributed by atoms with E-state index in [1.165, 1.54) is 16.0 Å². The second-order valence-electron chi connectivity index (χ2n) is 4.48. The van der Waals surface area contributed by atoms with Crippen molar-refractivity contribution in [3.63, 3.8) is 0 Å². The summed E-state index contributed by atoms with van der Waals surface area (Å²) >= 11 is 7.82. The SMILES string of the molecule is Clc1ccc2c(c1)CC(NCc1cccs1)C2. The van der Waals surface area contributed by atoms with Gasteiger partial charge in [-0.3, -0.25) is 0 Å². The third-order valence-corrected chi connectivity index (χ3v) is 4.36. The van der Waals surface area contributed by atoms with Crippen LogP contribution in [0.2, 0.25) is 5.02 Å². The Morgan fingerprint density at radius 1 is 1.24 bits per heavy atom. The first-order valence-electron chi connectivity index (χ1n) is 5.84. The summed E-state index contributed by atoms with van der Waals surface area (Å²) in [5.74, 6) is 0. The first kappa shape index (κ1) is 11.3. The van der Waals surface area contributed by atoms with Crippen LogP contribution in [0, 0.1) is 0 Å². The molecule has 1 aliphatic rings. The summed E-state index contributed by atoms with van der Waals surface area (Å²) in [5, 5.41) is 6.59.